The summed E-state index contributed by atoms with van der Waals surface area (Å²) in [6.45, 7) is 2.45. The summed E-state index contributed by atoms with van der Waals surface area (Å²) in [6, 6.07) is 0.377. The average molecular weight is 476 g/mol. The molecule has 9 heteroatoms. The van der Waals surface area contributed by atoms with E-state index in [9.17, 15) is 13.2 Å². The molecule has 2 unspecified atom stereocenters. The second-order valence-electron chi connectivity index (χ2n) is 5.83. The minimum Gasteiger partial charge on any atom is -0.354 e. The van der Waals surface area contributed by atoms with Crippen molar-refractivity contribution in [2.75, 3.05) is 7.05 Å². The molecule has 0 radical (unpaired) electrons. The summed E-state index contributed by atoms with van der Waals surface area (Å²) >= 11 is 1.00. The van der Waals surface area contributed by atoms with Crippen LogP contribution in [0.25, 0.3) is 0 Å². The number of thiazole rings is 1. The minimum atomic E-state index is -4.38. The van der Waals surface area contributed by atoms with Gasteiger partial charge in [-0.1, -0.05) is 26.2 Å². The predicted molar refractivity (Wildman–Crippen MR) is 102 cm³/mol. The number of halogens is 4. The summed E-state index contributed by atoms with van der Waals surface area (Å²) in [4.78, 5) is 7.76. The lowest BCUT2D eigenvalue weighted by molar-refractivity contribution is -0.140. The molecular formula is C15H24F3IN4S. The molecule has 2 rings (SSSR count). The van der Waals surface area contributed by atoms with E-state index in [0.29, 0.717) is 17.0 Å². The zero-order chi connectivity index (χ0) is 16.9. The van der Waals surface area contributed by atoms with E-state index in [1.165, 1.54) is 19.3 Å². The molecule has 0 aliphatic heterocycles. The molecule has 0 bridgehead atoms. The smallest absolute Gasteiger partial charge is 0.354 e. The molecule has 1 heterocycles. The number of aromatic nitrogens is 1. The molecule has 1 saturated carbocycles. The molecule has 1 fully saturated rings. The third kappa shape index (κ3) is 6.38. The van der Waals surface area contributed by atoms with Crippen LogP contribution < -0.4 is 10.6 Å². The van der Waals surface area contributed by atoms with Crippen LogP contribution in [0.2, 0.25) is 0 Å². The molecule has 24 heavy (non-hydrogen) atoms. The number of hydrogen-bond acceptors (Lipinski definition) is 3. The maximum atomic E-state index is 12.5. The monoisotopic (exact) mass is 476 g/mol. The van der Waals surface area contributed by atoms with E-state index in [1.54, 1.807) is 7.05 Å². The molecule has 1 aromatic heterocycles. The maximum Gasteiger partial charge on any atom is 0.434 e. The highest BCUT2D eigenvalue weighted by Crippen LogP contribution is 2.30. The molecule has 2 atom stereocenters. The van der Waals surface area contributed by atoms with Crippen molar-refractivity contribution >= 4 is 41.3 Å². The molecule has 1 aromatic rings. The topological polar surface area (TPSA) is 49.3 Å². The molecule has 138 valence electrons. The van der Waals surface area contributed by atoms with Gasteiger partial charge in [-0.15, -0.1) is 35.3 Å². The highest BCUT2D eigenvalue weighted by molar-refractivity contribution is 14.0. The number of rotatable bonds is 4. The first-order valence-electron chi connectivity index (χ1n) is 7.91. The van der Waals surface area contributed by atoms with Crippen LogP contribution in [0.5, 0.6) is 0 Å². The predicted octanol–water partition coefficient (Wildman–Crippen LogP) is 4.41. The largest absolute Gasteiger partial charge is 0.434 e. The van der Waals surface area contributed by atoms with Crippen molar-refractivity contribution in [1.82, 2.24) is 15.6 Å². The Labute approximate surface area is 161 Å². The van der Waals surface area contributed by atoms with Crippen molar-refractivity contribution in [3.05, 3.63) is 16.1 Å². The molecule has 0 aromatic carbocycles. The van der Waals surface area contributed by atoms with Gasteiger partial charge in [0.25, 0.3) is 0 Å². The fraction of sp³-hybridized carbons (Fsp3) is 0.733. The molecular weight excluding hydrogens is 452 g/mol. The maximum absolute atomic E-state index is 12.5. The zero-order valence-corrected chi connectivity index (χ0v) is 17.0. The van der Waals surface area contributed by atoms with Gasteiger partial charge in [0.15, 0.2) is 11.7 Å². The van der Waals surface area contributed by atoms with Crippen molar-refractivity contribution in [1.29, 1.82) is 0 Å². The molecule has 4 nitrogen and oxygen atoms in total. The fourth-order valence-electron chi connectivity index (χ4n) is 2.86. The van der Waals surface area contributed by atoms with Gasteiger partial charge in [-0.2, -0.15) is 13.2 Å². The van der Waals surface area contributed by atoms with E-state index in [2.05, 4.69) is 27.5 Å². The quantitative estimate of drug-likeness (QED) is 0.385. The molecule has 1 aliphatic carbocycles. The second-order valence-corrected chi connectivity index (χ2v) is 6.77. The normalized spacial score (nSPS) is 22.0. The third-order valence-electron chi connectivity index (χ3n) is 4.17. The van der Waals surface area contributed by atoms with Crippen LogP contribution in [0, 0.1) is 5.92 Å². The first kappa shape index (κ1) is 21.5. The SMILES string of the molecule is CCC1CCCC(NC(=NC)NCc2nc(C(F)(F)F)cs2)C1.I. The number of alkyl halides is 3. The average Bonchev–Trinajstić information content (AvgIpc) is 3.00. The Morgan fingerprint density at radius 2 is 2.17 bits per heavy atom. The Balaban J connectivity index is 0.00000288. The minimum absolute atomic E-state index is 0. The van der Waals surface area contributed by atoms with Gasteiger partial charge in [-0.05, 0) is 18.8 Å². The van der Waals surface area contributed by atoms with Crippen molar-refractivity contribution in [2.45, 2.75) is 57.8 Å². The molecule has 0 saturated heterocycles. The van der Waals surface area contributed by atoms with Gasteiger partial charge in [0.1, 0.15) is 5.01 Å². The van der Waals surface area contributed by atoms with Crippen LogP contribution in [0.1, 0.15) is 49.7 Å². The lowest BCUT2D eigenvalue weighted by Gasteiger charge is -2.30. The van der Waals surface area contributed by atoms with Crippen molar-refractivity contribution in [3.63, 3.8) is 0 Å². The zero-order valence-electron chi connectivity index (χ0n) is 13.8. The van der Waals surface area contributed by atoms with E-state index in [1.807, 2.05) is 0 Å². The van der Waals surface area contributed by atoms with Gasteiger partial charge in [-0.25, -0.2) is 4.98 Å². The lowest BCUT2D eigenvalue weighted by atomic mass is 9.84. The summed E-state index contributed by atoms with van der Waals surface area (Å²) in [5.41, 5.74) is -0.833. The number of nitrogens with one attached hydrogen (secondary N) is 2. The Morgan fingerprint density at radius 3 is 2.75 bits per heavy atom. The lowest BCUT2D eigenvalue weighted by Crippen LogP contribution is -2.45. The number of guanidine groups is 1. The Hall–Kier alpha value is -0.580. The Bertz CT molecular complexity index is 533. The first-order chi connectivity index (χ1) is 10.9. The van der Waals surface area contributed by atoms with E-state index in [0.717, 1.165) is 35.5 Å². The van der Waals surface area contributed by atoms with Crippen molar-refractivity contribution in [2.24, 2.45) is 10.9 Å². The highest BCUT2D eigenvalue weighted by Gasteiger charge is 2.33. The number of nitrogens with zero attached hydrogens (tertiary/aromatic N) is 2. The van der Waals surface area contributed by atoms with Gasteiger partial charge < -0.3 is 10.6 Å². The number of hydrogen-bond donors (Lipinski definition) is 2. The second kappa shape index (κ2) is 9.79. The molecule has 0 amide bonds. The summed E-state index contributed by atoms with van der Waals surface area (Å²) in [7, 11) is 1.67. The first-order valence-corrected chi connectivity index (χ1v) is 8.79. The van der Waals surface area contributed by atoms with E-state index >= 15 is 0 Å². The number of aliphatic imine (C=N–C) groups is 1. The molecule has 1 aliphatic rings. The highest BCUT2D eigenvalue weighted by atomic mass is 127. The third-order valence-corrected chi connectivity index (χ3v) is 5.02. The van der Waals surface area contributed by atoms with E-state index < -0.39 is 11.9 Å². The molecule has 0 spiro atoms. The van der Waals surface area contributed by atoms with Gasteiger partial charge in [0.05, 0.1) is 6.54 Å². The Morgan fingerprint density at radius 1 is 1.42 bits per heavy atom. The van der Waals surface area contributed by atoms with Gasteiger partial charge in [-0.3, -0.25) is 4.99 Å². The Kier molecular flexibility index (Phi) is 8.75. The fourth-order valence-corrected chi connectivity index (χ4v) is 3.60. The summed E-state index contributed by atoms with van der Waals surface area (Å²) in [5.74, 6) is 1.36. The van der Waals surface area contributed by atoms with Crippen molar-refractivity contribution in [3.8, 4) is 0 Å². The van der Waals surface area contributed by atoms with Crippen LogP contribution in [0.4, 0.5) is 13.2 Å². The summed E-state index contributed by atoms with van der Waals surface area (Å²) in [5, 5.41) is 7.86. The van der Waals surface area contributed by atoms with Crippen LogP contribution in [0.3, 0.4) is 0 Å². The standard InChI is InChI=1S/C15H23F3N4S.HI/c1-3-10-5-4-6-11(7-10)21-14(19-2)20-8-13-22-12(9-23-13)15(16,17)18;/h9-11H,3-8H2,1-2H3,(H2,19,20,21);1H. The van der Waals surface area contributed by atoms with Gasteiger partial charge in [0, 0.05) is 18.5 Å². The molecule has 2 N–H and O–H groups in total. The van der Waals surface area contributed by atoms with Crippen LogP contribution >= 0.6 is 35.3 Å². The summed E-state index contributed by atoms with van der Waals surface area (Å²) < 4.78 is 37.6. The van der Waals surface area contributed by atoms with Gasteiger partial charge >= 0.3 is 6.18 Å². The van der Waals surface area contributed by atoms with E-state index in [-0.39, 0.29) is 30.5 Å². The van der Waals surface area contributed by atoms with Gasteiger partial charge in [0.2, 0.25) is 0 Å². The summed E-state index contributed by atoms with van der Waals surface area (Å²) in [6.07, 6.45) is 1.50. The van der Waals surface area contributed by atoms with Crippen LogP contribution in [0.15, 0.2) is 10.4 Å². The van der Waals surface area contributed by atoms with Crippen LogP contribution in [-0.4, -0.2) is 24.0 Å². The van der Waals surface area contributed by atoms with Crippen LogP contribution in [-0.2, 0) is 12.7 Å². The van der Waals surface area contributed by atoms with Crippen molar-refractivity contribution < 1.29 is 13.2 Å². The van der Waals surface area contributed by atoms with E-state index in [4.69, 9.17) is 0 Å².